The number of anilines is 2. The molecular weight excluding hydrogens is 268 g/mol. The smallest absolute Gasteiger partial charge is 0.290 e. The van der Waals surface area contributed by atoms with E-state index >= 15 is 0 Å². The maximum Gasteiger partial charge on any atom is 0.290 e. The van der Waals surface area contributed by atoms with Crippen molar-refractivity contribution >= 4 is 11.6 Å². The molecule has 0 aromatic carbocycles. The summed E-state index contributed by atoms with van der Waals surface area (Å²) in [4.78, 5) is 29.0. The lowest BCUT2D eigenvalue weighted by Crippen LogP contribution is -2.44. The van der Waals surface area contributed by atoms with Crippen molar-refractivity contribution in [1.29, 1.82) is 0 Å². The first-order valence-corrected chi connectivity index (χ1v) is 7.06. The van der Waals surface area contributed by atoms with Crippen molar-refractivity contribution in [2.24, 2.45) is 0 Å². The Hall–Kier alpha value is -2.44. The van der Waals surface area contributed by atoms with Gasteiger partial charge in [0.1, 0.15) is 12.1 Å². The van der Waals surface area contributed by atoms with Gasteiger partial charge in [0.15, 0.2) is 5.82 Å². The summed E-state index contributed by atoms with van der Waals surface area (Å²) in [6.45, 7) is 3.53. The molecule has 3 heterocycles. The van der Waals surface area contributed by atoms with Crippen LogP contribution in [0.4, 0.5) is 11.6 Å². The number of nitrogens with zero attached hydrogens (tertiary/aromatic N) is 4. The van der Waals surface area contributed by atoms with Crippen molar-refractivity contribution in [3.05, 3.63) is 40.8 Å². The molecule has 2 aromatic heterocycles. The van der Waals surface area contributed by atoms with Gasteiger partial charge < -0.3 is 15.2 Å². The van der Waals surface area contributed by atoms with Crippen LogP contribution in [0, 0.1) is 6.92 Å². The van der Waals surface area contributed by atoms with Gasteiger partial charge in [0.2, 0.25) is 0 Å². The fraction of sp³-hybridized carbons (Fsp3) is 0.429. The molecule has 2 N–H and O–H groups in total. The second kappa shape index (κ2) is 5.90. The molecule has 0 amide bonds. The van der Waals surface area contributed by atoms with Crippen LogP contribution in [-0.4, -0.2) is 39.1 Å². The lowest BCUT2D eigenvalue weighted by molar-refractivity contribution is 0.524. The van der Waals surface area contributed by atoms with Crippen LogP contribution < -0.4 is 15.8 Å². The Labute approximate surface area is 122 Å². The molecule has 2 aromatic rings. The molecule has 1 saturated heterocycles. The van der Waals surface area contributed by atoms with Gasteiger partial charge in [0.05, 0.1) is 0 Å². The highest BCUT2D eigenvalue weighted by Gasteiger charge is 2.22. The fourth-order valence-electron chi connectivity index (χ4n) is 2.60. The summed E-state index contributed by atoms with van der Waals surface area (Å²) in [6.07, 6.45) is 6.78. The molecule has 0 unspecified atom stereocenters. The van der Waals surface area contributed by atoms with Crippen LogP contribution in [0.25, 0.3) is 0 Å². The quantitative estimate of drug-likeness (QED) is 0.873. The molecular formula is C14H18N6O. The third-order valence-corrected chi connectivity index (χ3v) is 3.57. The third kappa shape index (κ3) is 3.18. The van der Waals surface area contributed by atoms with Crippen molar-refractivity contribution in [3.63, 3.8) is 0 Å². The molecule has 1 aliphatic heterocycles. The zero-order chi connectivity index (χ0) is 14.7. The van der Waals surface area contributed by atoms with Gasteiger partial charge in [0, 0.05) is 43.3 Å². The minimum absolute atomic E-state index is 0.143. The number of hydrogen-bond acceptors (Lipinski definition) is 6. The summed E-state index contributed by atoms with van der Waals surface area (Å²) in [6, 6.07) is 2.17. The molecule has 0 aliphatic carbocycles. The molecule has 0 bridgehead atoms. The van der Waals surface area contributed by atoms with E-state index in [1.807, 2.05) is 17.9 Å². The van der Waals surface area contributed by atoms with E-state index in [1.165, 1.54) is 0 Å². The molecule has 0 spiro atoms. The maximum absolute atomic E-state index is 11.8. The lowest BCUT2D eigenvalue weighted by Gasteiger charge is -2.33. The van der Waals surface area contributed by atoms with E-state index in [1.54, 1.807) is 18.7 Å². The number of hydrogen-bond donors (Lipinski definition) is 2. The van der Waals surface area contributed by atoms with Gasteiger partial charge >= 0.3 is 0 Å². The number of aryl methyl sites for hydroxylation is 1. The summed E-state index contributed by atoms with van der Waals surface area (Å²) in [7, 11) is 0. The highest BCUT2D eigenvalue weighted by molar-refractivity contribution is 5.40. The minimum atomic E-state index is -0.143. The molecule has 3 rings (SSSR count). The molecule has 110 valence electrons. The van der Waals surface area contributed by atoms with Gasteiger partial charge in [-0.05, 0) is 19.8 Å². The van der Waals surface area contributed by atoms with Gasteiger partial charge in [-0.1, -0.05) is 0 Å². The molecule has 21 heavy (non-hydrogen) atoms. The van der Waals surface area contributed by atoms with Crippen LogP contribution in [0.1, 0.15) is 18.5 Å². The number of piperidine rings is 1. The number of H-pyrrole nitrogens is 1. The van der Waals surface area contributed by atoms with Crippen molar-refractivity contribution in [2.75, 3.05) is 23.3 Å². The van der Waals surface area contributed by atoms with Gasteiger partial charge in [0.25, 0.3) is 5.56 Å². The number of aromatic amines is 1. The van der Waals surface area contributed by atoms with Crippen LogP contribution >= 0.6 is 0 Å². The molecule has 0 radical (unpaired) electrons. The fourth-order valence-corrected chi connectivity index (χ4v) is 2.60. The second-order valence-corrected chi connectivity index (χ2v) is 5.22. The molecule has 1 fully saturated rings. The summed E-state index contributed by atoms with van der Waals surface area (Å²) in [5, 5.41) is 3.41. The van der Waals surface area contributed by atoms with E-state index in [-0.39, 0.29) is 11.6 Å². The average Bonchev–Trinajstić information content (AvgIpc) is 2.48. The highest BCUT2D eigenvalue weighted by atomic mass is 16.1. The van der Waals surface area contributed by atoms with E-state index in [0.717, 1.165) is 37.4 Å². The summed E-state index contributed by atoms with van der Waals surface area (Å²) < 4.78 is 0. The number of rotatable bonds is 3. The molecule has 7 nitrogen and oxygen atoms in total. The van der Waals surface area contributed by atoms with Crippen molar-refractivity contribution < 1.29 is 0 Å². The van der Waals surface area contributed by atoms with E-state index in [9.17, 15) is 4.79 Å². The number of aromatic nitrogens is 4. The SMILES string of the molecule is Cc1cc(N[C@@H]2CCCN(c3ncc[nH]c3=O)C2)ncn1. The van der Waals surface area contributed by atoms with Crippen LogP contribution in [0.2, 0.25) is 0 Å². The Balaban J connectivity index is 1.71. The van der Waals surface area contributed by atoms with Gasteiger partial charge in [-0.2, -0.15) is 0 Å². The molecule has 1 atom stereocenters. The Morgan fingerprint density at radius 1 is 1.38 bits per heavy atom. The second-order valence-electron chi connectivity index (χ2n) is 5.22. The third-order valence-electron chi connectivity index (χ3n) is 3.57. The average molecular weight is 286 g/mol. The highest BCUT2D eigenvalue weighted by Crippen LogP contribution is 2.17. The van der Waals surface area contributed by atoms with Crippen molar-refractivity contribution in [3.8, 4) is 0 Å². The minimum Gasteiger partial charge on any atom is -0.365 e. The largest absolute Gasteiger partial charge is 0.365 e. The first-order valence-electron chi connectivity index (χ1n) is 7.06. The summed E-state index contributed by atoms with van der Waals surface area (Å²) in [5.41, 5.74) is 0.789. The first-order chi connectivity index (χ1) is 10.2. The monoisotopic (exact) mass is 286 g/mol. The maximum atomic E-state index is 11.8. The Morgan fingerprint density at radius 2 is 2.29 bits per heavy atom. The van der Waals surface area contributed by atoms with Crippen LogP contribution in [0.15, 0.2) is 29.6 Å². The standard InChI is InChI=1S/C14H18N6O/c1-10-7-12(18-9-17-10)19-11-3-2-6-20(8-11)13-14(21)16-5-4-15-13/h4-5,7,9,11H,2-3,6,8H2,1H3,(H,16,21)(H,17,18,19)/t11-/m1/s1. The van der Waals surface area contributed by atoms with Crippen molar-refractivity contribution in [2.45, 2.75) is 25.8 Å². The van der Waals surface area contributed by atoms with Crippen LogP contribution in [-0.2, 0) is 0 Å². The summed E-state index contributed by atoms with van der Waals surface area (Å²) in [5.74, 6) is 1.31. The predicted octanol–water partition coefficient (Wildman–Crippen LogP) is 0.949. The first kappa shape index (κ1) is 13.5. The zero-order valence-corrected chi connectivity index (χ0v) is 11.9. The number of nitrogens with one attached hydrogen (secondary N) is 2. The van der Waals surface area contributed by atoms with E-state index in [2.05, 4.69) is 25.3 Å². The van der Waals surface area contributed by atoms with Gasteiger partial charge in [-0.15, -0.1) is 0 Å². The lowest BCUT2D eigenvalue weighted by atomic mass is 10.1. The van der Waals surface area contributed by atoms with E-state index in [4.69, 9.17) is 0 Å². The van der Waals surface area contributed by atoms with Gasteiger partial charge in [-0.25, -0.2) is 15.0 Å². The molecule has 1 aliphatic rings. The van der Waals surface area contributed by atoms with Crippen LogP contribution in [0.5, 0.6) is 0 Å². The normalized spacial score (nSPS) is 18.5. The van der Waals surface area contributed by atoms with E-state index in [0.29, 0.717) is 5.82 Å². The predicted molar refractivity (Wildman–Crippen MR) is 80.5 cm³/mol. The molecule has 0 saturated carbocycles. The summed E-state index contributed by atoms with van der Waals surface area (Å²) >= 11 is 0. The van der Waals surface area contributed by atoms with Gasteiger partial charge in [-0.3, -0.25) is 4.79 Å². The molecule has 7 heteroatoms. The topological polar surface area (TPSA) is 86.8 Å². The van der Waals surface area contributed by atoms with Crippen LogP contribution in [0.3, 0.4) is 0 Å². The van der Waals surface area contributed by atoms with Crippen molar-refractivity contribution in [1.82, 2.24) is 19.9 Å². The zero-order valence-electron chi connectivity index (χ0n) is 11.9. The van der Waals surface area contributed by atoms with E-state index < -0.39 is 0 Å². The Kier molecular flexibility index (Phi) is 3.81. The Morgan fingerprint density at radius 3 is 3.10 bits per heavy atom. The Bertz CT molecular complexity index is 670.